The van der Waals surface area contributed by atoms with Gasteiger partial charge < -0.3 is 25.0 Å². The quantitative estimate of drug-likeness (QED) is 0.582. The molecule has 3 N–H and O–H groups in total. The first-order valence-electron chi connectivity index (χ1n) is 5.59. The number of fused-ring (bicyclic) bond motifs is 1. The van der Waals surface area contributed by atoms with Crippen LogP contribution in [0.2, 0.25) is 0 Å². The van der Waals surface area contributed by atoms with E-state index in [0.29, 0.717) is 6.42 Å². The molecule has 0 aromatic carbocycles. The van der Waals surface area contributed by atoms with Crippen LogP contribution in [0.3, 0.4) is 0 Å². The van der Waals surface area contributed by atoms with E-state index in [1.165, 1.54) is 11.8 Å². The molecule has 0 amide bonds. The molecule has 0 aromatic heterocycles. The van der Waals surface area contributed by atoms with Crippen molar-refractivity contribution in [1.29, 1.82) is 0 Å². The zero-order chi connectivity index (χ0) is 12.6. The summed E-state index contributed by atoms with van der Waals surface area (Å²) in [6.45, 7) is -0.0715. The second-order valence-electron chi connectivity index (χ2n) is 4.45. The van der Waals surface area contributed by atoms with Gasteiger partial charge in [-0.2, -0.15) is 0 Å². The van der Waals surface area contributed by atoms with Gasteiger partial charge in [0.1, 0.15) is 23.7 Å². The standard InChI is InChI=1S/C10H18N2O4S/c1-12(2)10-11-6-8(15)7(14)5(3-4-13)16-9(6)17-10/h5-9,13-15H,3-4H2,1-2H3. The van der Waals surface area contributed by atoms with Crippen molar-refractivity contribution in [3.63, 3.8) is 0 Å². The molecule has 5 atom stereocenters. The number of amidine groups is 1. The summed E-state index contributed by atoms with van der Waals surface area (Å²) in [7, 11) is 3.74. The molecule has 0 radical (unpaired) electrons. The predicted octanol–water partition coefficient (Wildman–Crippen LogP) is -1.15. The lowest BCUT2D eigenvalue weighted by atomic mass is 9.96. The molecule has 0 aromatic rings. The first-order chi connectivity index (χ1) is 8.04. The van der Waals surface area contributed by atoms with Crippen molar-refractivity contribution in [2.75, 3.05) is 20.7 Å². The molecule has 5 unspecified atom stereocenters. The molecular formula is C10H18N2O4S. The third kappa shape index (κ3) is 2.43. The number of hydrogen-bond acceptors (Lipinski definition) is 7. The molecule has 1 saturated heterocycles. The number of hydrogen-bond donors (Lipinski definition) is 3. The minimum absolute atomic E-state index is 0.0715. The number of nitrogens with zero attached hydrogens (tertiary/aromatic N) is 2. The maximum absolute atomic E-state index is 9.99. The van der Waals surface area contributed by atoms with Crippen LogP contribution in [0.4, 0.5) is 0 Å². The first kappa shape index (κ1) is 13.1. The average Bonchev–Trinajstić information content (AvgIpc) is 2.70. The van der Waals surface area contributed by atoms with Crippen molar-refractivity contribution in [3.05, 3.63) is 0 Å². The SMILES string of the molecule is CN(C)C1=NC2C(OC(CCO)C(O)C2O)S1. The predicted molar refractivity (Wildman–Crippen MR) is 64.9 cm³/mol. The van der Waals surface area contributed by atoms with E-state index in [9.17, 15) is 10.2 Å². The van der Waals surface area contributed by atoms with Gasteiger partial charge in [0, 0.05) is 20.7 Å². The second-order valence-corrected chi connectivity index (χ2v) is 5.52. The molecule has 17 heavy (non-hydrogen) atoms. The minimum atomic E-state index is -0.991. The molecule has 0 aliphatic carbocycles. The van der Waals surface area contributed by atoms with E-state index in [-0.39, 0.29) is 12.0 Å². The summed E-state index contributed by atoms with van der Waals surface area (Å²) in [5.41, 5.74) is -0.276. The summed E-state index contributed by atoms with van der Waals surface area (Å²) in [5.74, 6) is 0. The largest absolute Gasteiger partial charge is 0.396 e. The highest BCUT2D eigenvalue weighted by Crippen LogP contribution is 2.37. The molecule has 2 aliphatic heterocycles. The molecular weight excluding hydrogens is 244 g/mol. The maximum atomic E-state index is 9.99. The van der Waals surface area contributed by atoms with Crippen LogP contribution < -0.4 is 0 Å². The summed E-state index contributed by atoms with van der Waals surface area (Å²) < 4.78 is 5.67. The summed E-state index contributed by atoms with van der Waals surface area (Å²) in [4.78, 5) is 6.20. The van der Waals surface area contributed by atoms with Crippen molar-refractivity contribution in [2.45, 2.75) is 36.2 Å². The van der Waals surface area contributed by atoms with Gasteiger partial charge in [0.25, 0.3) is 0 Å². The third-order valence-electron chi connectivity index (χ3n) is 2.95. The zero-order valence-corrected chi connectivity index (χ0v) is 10.7. The summed E-state index contributed by atoms with van der Waals surface area (Å²) >= 11 is 1.44. The Kier molecular flexibility index (Phi) is 3.94. The fourth-order valence-electron chi connectivity index (χ4n) is 2.00. The van der Waals surface area contributed by atoms with E-state index in [1.54, 1.807) is 0 Å². The van der Waals surface area contributed by atoms with Crippen molar-refractivity contribution in [2.24, 2.45) is 4.99 Å². The Morgan fingerprint density at radius 2 is 2.06 bits per heavy atom. The van der Waals surface area contributed by atoms with E-state index in [1.807, 2.05) is 19.0 Å². The van der Waals surface area contributed by atoms with Crippen LogP contribution in [0.15, 0.2) is 4.99 Å². The summed E-state index contributed by atoms with van der Waals surface area (Å²) in [5, 5.41) is 29.5. The van der Waals surface area contributed by atoms with Crippen molar-refractivity contribution >= 4 is 16.9 Å². The van der Waals surface area contributed by atoms with Gasteiger partial charge in [-0.1, -0.05) is 11.8 Å². The van der Waals surface area contributed by atoms with E-state index in [0.717, 1.165) is 5.17 Å². The highest BCUT2D eigenvalue weighted by molar-refractivity contribution is 8.14. The van der Waals surface area contributed by atoms with Gasteiger partial charge in [-0.15, -0.1) is 0 Å². The van der Waals surface area contributed by atoms with E-state index >= 15 is 0 Å². The van der Waals surface area contributed by atoms with Gasteiger partial charge in [0.15, 0.2) is 5.17 Å². The number of aliphatic imine (C=N–C) groups is 1. The molecule has 0 spiro atoms. The Morgan fingerprint density at radius 3 is 2.65 bits per heavy atom. The minimum Gasteiger partial charge on any atom is -0.396 e. The molecule has 0 saturated carbocycles. The highest BCUT2D eigenvalue weighted by atomic mass is 32.2. The Morgan fingerprint density at radius 1 is 1.35 bits per heavy atom. The molecule has 0 bridgehead atoms. The molecule has 2 heterocycles. The van der Waals surface area contributed by atoms with E-state index in [2.05, 4.69) is 4.99 Å². The fourth-order valence-corrected chi connectivity index (χ4v) is 3.16. The number of rotatable bonds is 2. The third-order valence-corrected chi connectivity index (χ3v) is 4.25. The van der Waals surface area contributed by atoms with Crippen molar-refractivity contribution in [3.8, 4) is 0 Å². The van der Waals surface area contributed by atoms with Crippen LogP contribution in [0.25, 0.3) is 0 Å². The molecule has 98 valence electrons. The zero-order valence-electron chi connectivity index (χ0n) is 9.85. The molecule has 6 nitrogen and oxygen atoms in total. The van der Waals surface area contributed by atoms with Crippen LogP contribution in [0.5, 0.6) is 0 Å². The Bertz CT molecular complexity index is 313. The lowest BCUT2D eigenvalue weighted by Gasteiger charge is -2.38. The van der Waals surface area contributed by atoms with Crippen LogP contribution in [0, 0.1) is 0 Å². The van der Waals surface area contributed by atoms with Crippen LogP contribution in [0.1, 0.15) is 6.42 Å². The van der Waals surface area contributed by atoms with Crippen LogP contribution >= 0.6 is 11.8 Å². The lowest BCUT2D eigenvalue weighted by Crippen LogP contribution is -2.54. The van der Waals surface area contributed by atoms with Gasteiger partial charge in [0.05, 0.1) is 6.10 Å². The Balaban J connectivity index is 2.10. The fraction of sp³-hybridized carbons (Fsp3) is 0.900. The number of aliphatic hydroxyl groups is 3. The van der Waals surface area contributed by atoms with E-state index < -0.39 is 24.4 Å². The van der Waals surface area contributed by atoms with Gasteiger partial charge in [-0.05, 0) is 6.42 Å². The van der Waals surface area contributed by atoms with Gasteiger partial charge in [0.2, 0.25) is 0 Å². The van der Waals surface area contributed by atoms with Crippen LogP contribution in [-0.2, 0) is 4.74 Å². The van der Waals surface area contributed by atoms with Crippen molar-refractivity contribution < 1.29 is 20.1 Å². The van der Waals surface area contributed by atoms with E-state index in [4.69, 9.17) is 9.84 Å². The molecule has 1 fully saturated rings. The molecule has 2 aliphatic rings. The maximum Gasteiger partial charge on any atom is 0.161 e. The first-order valence-corrected chi connectivity index (χ1v) is 6.46. The normalized spacial score (nSPS) is 41.0. The number of thioether (sulfide) groups is 1. The monoisotopic (exact) mass is 262 g/mol. The number of aliphatic hydroxyl groups excluding tert-OH is 3. The smallest absolute Gasteiger partial charge is 0.161 e. The molecule has 7 heteroatoms. The topological polar surface area (TPSA) is 85.5 Å². The summed E-state index contributed by atoms with van der Waals surface area (Å²) in [6.07, 6.45) is -2.13. The second kappa shape index (κ2) is 5.11. The van der Waals surface area contributed by atoms with Gasteiger partial charge in [-0.3, -0.25) is 4.99 Å². The average molecular weight is 262 g/mol. The molecule has 2 rings (SSSR count). The lowest BCUT2D eigenvalue weighted by molar-refractivity contribution is -0.156. The highest BCUT2D eigenvalue weighted by Gasteiger charge is 2.48. The van der Waals surface area contributed by atoms with Gasteiger partial charge >= 0.3 is 0 Å². The summed E-state index contributed by atoms with van der Waals surface area (Å²) in [6, 6.07) is -0.428. The van der Waals surface area contributed by atoms with Gasteiger partial charge in [-0.25, -0.2) is 0 Å². The number of ether oxygens (including phenoxy) is 1. The Hall–Kier alpha value is -0.340. The van der Waals surface area contributed by atoms with Crippen LogP contribution in [-0.4, -0.2) is 75.9 Å². The van der Waals surface area contributed by atoms with Crippen molar-refractivity contribution in [1.82, 2.24) is 4.90 Å². The Labute approximate surface area is 104 Å².